The lowest BCUT2D eigenvalue weighted by Gasteiger charge is -2.31. The lowest BCUT2D eigenvalue weighted by atomic mass is 10.00. The quantitative estimate of drug-likeness (QED) is 0.831. The Hall–Kier alpha value is -1.57. The maximum absolute atomic E-state index is 13.0. The molecule has 3 atom stereocenters. The van der Waals surface area contributed by atoms with Crippen molar-refractivity contribution in [3.8, 4) is 0 Å². The van der Waals surface area contributed by atoms with E-state index in [2.05, 4.69) is 42.9 Å². The molecule has 8 heteroatoms. The van der Waals surface area contributed by atoms with E-state index in [1.54, 1.807) is 11.1 Å². The summed E-state index contributed by atoms with van der Waals surface area (Å²) < 4.78 is 5.42. The number of nitrogens with one attached hydrogen (secondary N) is 2. The molecule has 7 nitrogen and oxygen atoms in total. The van der Waals surface area contributed by atoms with E-state index < -0.39 is 12.1 Å². The Morgan fingerprint density at radius 3 is 2.74 bits per heavy atom. The van der Waals surface area contributed by atoms with Crippen molar-refractivity contribution in [2.75, 3.05) is 13.7 Å². The maximum Gasteiger partial charge on any atom is 0.407 e. The van der Waals surface area contributed by atoms with E-state index in [0.717, 1.165) is 16.8 Å². The molecule has 0 aromatic carbocycles. The number of hydrogen-bond acceptors (Lipinski definition) is 4. The fraction of sp³-hybridized carbons (Fsp3) is 0.667. The van der Waals surface area contributed by atoms with Gasteiger partial charge in [-0.3, -0.25) is 4.79 Å². The van der Waals surface area contributed by atoms with Crippen LogP contribution in [0, 0.1) is 11.8 Å². The zero-order valence-corrected chi connectivity index (χ0v) is 15.4. The first-order valence-electron chi connectivity index (χ1n) is 7.70. The number of nitrogens with zero attached hydrogens (tertiary/aromatic N) is 2. The molecule has 128 valence electrons. The number of carbonyl (C=O) groups excluding carboxylic acids is 2. The second-order valence-electron chi connectivity index (χ2n) is 6.22. The minimum atomic E-state index is -0.617. The van der Waals surface area contributed by atoms with Gasteiger partial charge in [0.1, 0.15) is 16.5 Å². The van der Waals surface area contributed by atoms with Gasteiger partial charge in [0.05, 0.1) is 19.3 Å². The molecule has 23 heavy (non-hydrogen) atoms. The summed E-state index contributed by atoms with van der Waals surface area (Å²) in [6, 6.07) is -0.733. The lowest BCUT2D eigenvalue weighted by molar-refractivity contribution is -0.135. The predicted octanol–water partition coefficient (Wildman–Crippen LogP) is 2.46. The van der Waals surface area contributed by atoms with Gasteiger partial charge in [-0.15, -0.1) is 0 Å². The Labute approximate surface area is 144 Å². The number of likely N-dealkylation sites (tertiary alicyclic amines) is 1. The number of H-pyrrole nitrogens is 1. The second kappa shape index (κ2) is 7.33. The van der Waals surface area contributed by atoms with E-state index in [4.69, 9.17) is 0 Å². The van der Waals surface area contributed by atoms with Crippen molar-refractivity contribution < 1.29 is 14.3 Å². The van der Waals surface area contributed by atoms with E-state index in [0.29, 0.717) is 12.5 Å². The summed E-state index contributed by atoms with van der Waals surface area (Å²) in [6.45, 7) is 6.55. The number of aromatic amines is 1. The number of hydrogen-bond donors (Lipinski definition) is 2. The number of aromatic nitrogens is 2. The Balaban J connectivity index is 2.22. The smallest absolute Gasteiger partial charge is 0.407 e. The van der Waals surface area contributed by atoms with Crippen LogP contribution < -0.4 is 5.32 Å². The standard InChI is InChI=1S/C15H23BrN4O3/c1-8(2)11(19-15(22)23-4)14(21)20-6-5-9(3)12(20)13-17-7-10(16)18-13/h7-9,11-12H,5-6H2,1-4H3,(H,17,18)(H,19,22). The fourth-order valence-corrected chi connectivity index (χ4v) is 3.26. The maximum atomic E-state index is 13.0. The van der Waals surface area contributed by atoms with Crippen molar-refractivity contribution in [3.05, 3.63) is 16.6 Å². The van der Waals surface area contributed by atoms with Gasteiger partial charge in [-0.2, -0.15) is 0 Å². The molecular weight excluding hydrogens is 364 g/mol. The largest absolute Gasteiger partial charge is 0.453 e. The minimum absolute atomic E-state index is 0.0403. The van der Waals surface area contributed by atoms with Gasteiger partial charge in [-0.05, 0) is 34.2 Å². The molecule has 1 aliphatic heterocycles. The third-order valence-electron chi connectivity index (χ3n) is 4.22. The number of methoxy groups -OCH3 is 1. The molecule has 2 rings (SSSR count). The van der Waals surface area contributed by atoms with Gasteiger partial charge in [0.15, 0.2) is 0 Å². The Kier molecular flexibility index (Phi) is 5.67. The molecule has 0 aliphatic carbocycles. The number of carbonyl (C=O) groups is 2. The van der Waals surface area contributed by atoms with Crippen LogP contribution in [-0.4, -0.2) is 46.6 Å². The molecular formula is C15H23BrN4O3. The van der Waals surface area contributed by atoms with Gasteiger partial charge in [0, 0.05) is 6.54 Å². The predicted molar refractivity (Wildman–Crippen MR) is 88.7 cm³/mol. The zero-order chi connectivity index (χ0) is 17.1. The molecule has 1 aromatic rings. The van der Waals surface area contributed by atoms with Crippen molar-refractivity contribution in [2.24, 2.45) is 11.8 Å². The molecule has 0 saturated carbocycles. The Morgan fingerprint density at radius 2 is 2.22 bits per heavy atom. The van der Waals surface area contributed by atoms with Gasteiger partial charge >= 0.3 is 6.09 Å². The number of halogens is 1. The normalized spacial score (nSPS) is 22.3. The van der Waals surface area contributed by atoms with Crippen LogP contribution >= 0.6 is 15.9 Å². The van der Waals surface area contributed by atoms with Gasteiger partial charge in [0.2, 0.25) is 5.91 Å². The molecule has 0 spiro atoms. The Morgan fingerprint density at radius 1 is 1.52 bits per heavy atom. The summed E-state index contributed by atoms with van der Waals surface area (Å²) in [6.07, 6.45) is 1.99. The highest BCUT2D eigenvalue weighted by atomic mass is 79.9. The fourth-order valence-electron chi connectivity index (χ4n) is 2.95. The number of alkyl carbamates (subject to hydrolysis) is 1. The van der Waals surface area contributed by atoms with E-state index in [9.17, 15) is 9.59 Å². The highest BCUT2D eigenvalue weighted by Gasteiger charge is 2.41. The molecule has 1 fully saturated rings. The molecule has 1 aromatic heterocycles. The second-order valence-corrected chi connectivity index (χ2v) is 7.07. The molecule has 2 heterocycles. The van der Waals surface area contributed by atoms with E-state index in [1.807, 2.05) is 13.8 Å². The molecule has 3 unspecified atom stereocenters. The van der Waals surface area contributed by atoms with Crippen molar-refractivity contribution in [2.45, 2.75) is 39.3 Å². The van der Waals surface area contributed by atoms with E-state index in [-0.39, 0.29) is 17.9 Å². The monoisotopic (exact) mass is 386 g/mol. The molecule has 2 amide bonds. The number of imidazole rings is 1. The summed E-state index contributed by atoms with van der Waals surface area (Å²) >= 11 is 3.36. The molecule has 2 N–H and O–H groups in total. The van der Waals surface area contributed by atoms with Crippen LogP contribution in [0.15, 0.2) is 10.8 Å². The Bertz CT molecular complexity index is 575. The molecule has 0 radical (unpaired) electrons. The summed E-state index contributed by atoms with van der Waals surface area (Å²) in [5, 5.41) is 2.64. The molecule has 1 aliphatic rings. The van der Waals surface area contributed by atoms with Gasteiger partial charge in [0.25, 0.3) is 0 Å². The first kappa shape index (κ1) is 17.8. The van der Waals surface area contributed by atoms with Gasteiger partial charge in [-0.1, -0.05) is 20.8 Å². The summed E-state index contributed by atoms with van der Waals surface area (Å²) in [5.74, 6) is 0.910. The average molecular weight is 387 g/mol. The first-order chi connectivity index (χ1) is 10.8. The highest BCUT2D eigenvalue weighted by molar-refractivity contribution is 9.10. The minimum Gasteiger partial charge on any atom is -0.453 e. The SMILES string of the molecule is COC(=O)NC(C(=O)N1CCC(C)C1c1ncc(Br)[nH]1)C(C)C. The number of ether oxygens (including phenoxy) is 1. The van der Waals surface area contributed by atoms with Crippen LogP contribution in [0.4, 0.5) is 4.79 Å². The molecule has 1 saturated heterocycles. The first-order valence-corrected chi connectivity index (χ1v) is 8.49. The number of rotatable bonds is 4. The van der Waals surface area contributed by atoms with Crippen molar-refractivity contribution in [1.82, 2.24) is 20.2 Å². The van der Waals surface area contributed by atoms with E-state index >= 15 is 0 Å². The summed E-state index contributed by atoms with van der Waals surface area (Å²) in [5.41, 5.74) is 0. The van der Waals surface area contributed by atoms with Crippen LogP contribution in [0.2, 0.25) is 0 Å². The third kappa shape index (κ3) is 3.85. The molecule has 0 bridgehead atoms. The van der Waals surface area contributed by atoms with Crippen LogP contribution in [0.5, 0.6) is 0 Å². The van der Waals surface area contributed by atoms with Crippen LogP contribution in [0.3, 0.4) is 0 Å². The van der Waals surface area contributed by atoms with Crippen molar-refractivity contribution in [1.29, 1.82) is 0 Å². The van der Waals surface area contributed by atoms with Crippen LogP contribution in [0.1, 0.15) is 39.1 Å². The van der Waals surface area contributed by atoms with Crippen LogP contribution in [0.25, 0.3) is 0 Å². The van der Waals surface area contributed by atoms with Crippen LogP contribution in [-0.2, 0) is 9.53 Å². The lowest BCUT2D eigenvalue weighted by Crippen LogP contribution is -2.51. The van der Waals surface area contributed by atoms with Gasteiger partial charge < -0.3 is 19.9 Å². The highest BCUT2D eigenvalue weighted by Crippen LogP contribution is 2.36. The van der Waals surface area contributed by atoms with E-state index in [1.165, 1.54) is 7.11 Å². The topological polar surface area (TPSA) is 87.3 Å². The van der Waals surface area contributed by atoms with Crippen molar-refractivity contribution in [3.63, 3.8) is 0 Å². The van der Waals surface area contributed by atoms with Gasteiger partial charge in [-0.25, -0.2) is 9.78 Å². The summed E-state index contributed by atoms with van der Waals surface area (Å²) in [4.78, 5) is 33.8. The van der Waals surface area contributed by atoms with Crippen molar-refractivity contribution >= 4 is 27.9 Å². The number of amides is 2. The third-order valence-corrected chi connectivity index (χ3v) is 4.62. The summed E-state index contributed by atoms with van der Waals surface area (Å²) in [7, 11) is 1.29. The average Bonchev–Trinajstić information content (AvgIpc) is 3.09. The zero-order valence-electron chi connectivity index (χ0n) is 13.8.